The molecule has 0 radical (unpaired) electrons. The van der Waals surface area contributed by atoms with Gasteiger partial charge >= 0.3 is 0 Å². The van der Waals surface area contributed by atoms with E-state index in [-0.39, 0.29) is 11.9 Å². The molecule has 1 aromatic heterocycles. The Morgan fingerprint density at radius 1 is 0.976 bits per heavy atom. The highest BCUT2D eigenvalue weighted by Gasteiger charge is 2.34. The van der Waals surface area contributed by atoms with E-state index in [9.17, 15) is 4.79 Å². The first-order valence-electron chi connectivity index (χ1n) is 14.6. The van der Waals surface area contributed by atoms with E-state index in [2.05, 4.69) is 52.3 Å². The molecule has 4 aromatic rings. The van der Waals surface area contributed by atoms with Crippen LogP contribution in [0.5, 0.6) is 11.5 Å². The number of aromatic amines is 1. The Morgan fingerprint density at radius 2 is 1.83 bits per heavy atom. The number of carbonyl (C=O) groups excluding carboxylic acids is 1. The smallest absolute Gasteiger partial charge is 0.247 e. The van der Waals surface area contributed by atoms with Crippen molar-refractivity contribution in [2.24, 2.45) is 0 Å². The largest absolute Gasteiger partial charge is 0.493 e. The number of H-pyrrole nitrogens is 1. The van der Waals surface area contributed by atoms with Crippen LogP contribution in [0.25, 0.3) is 17.0 Å². The highest BCUT2D eigenvalue weighted by atomic mass is 16.5. The van der Waals surface area contributed by atoms with Crippen LogP contribution in [0.15, 0.2) is 72.8 Å². The molecule has 1 N–H and O–H groups in total. The number of benzene rings is 3. The normalized spacial score (nSPS) is 18.8. The van der Waals surface area contributed by atoms with Crippen LogP contribution in [-0.4, -0.2) is 73.3 Å². The fourth-order valence-corrected chi connectivity index (χ4v) is 6.26. The predicted octanol–water partition coefficient (Wildman–Crippen LogP) is 5.00. The van der Waals surface area contributed by atoms with E-state index in [1.54, 1.807) is 6.08 Å². The molecule has 1 amide bonds. The zero-order valence-electron chi connectivity index (χ0n) is 23.2. The summed E-state index contributed by atoms with van der Waals surface area (Å²) in [6, 6.07) is 22.6. The lowest BCUT2D eigenvalue weighted by Crippen LogP contribution is -2.39. The first-order valence-corrected chi connectivity index (χ1v) is 14.6. The number of amides is 1. The van der Waals surface area contributed by atoms with Gasteiger partial charge in [0.2, 0.25) is 5.91 Å². The van der Waals surface area contributed by atoms with Gasteiger partial charge in [0.1, 0.15) is 18.1 Å². The van der Waals surface area contributed by atoms with Crippen LogP contribution in [0.2, 0.25) is 0 Å². The lowest BCUT2D eigenvalue weighted by atomic mass is 9.91. The number of hydrogen-bond acceptors (Lipinski definition) is 5. The number of aromatic nitrogens is 1. The fourth-order valence-electron chi connectivity index (χ4n) is 6.26. The van der Waals surface area contributed by atoms with E-state index in [0.717, 1.165) is 79.5 Å². The van der Waals surface area contributed by atoms with Crippen molar-refractivity contribution < 1.29 is 19.0 Å². The number of para-hydroxylation sites is 1. The minimum absolute atomic E-state index is 0.00175. The van der Waals surface area contributed by atoms with Gasteiger partial charge in [-0.2, -0.15) is 0 Å². The summed E-state index contributed by atoms with van der Waals surface area (Å²) >= 11 is 0. The Labute approximate surface area is 240 Å². The molecule has 3 aliphatic heterocycles. The molecule has 1 fully saturated rings. The molecule has 3 aromatic carbocycles. The Balaban J connectivity index is 1.09. The summed E-state index contributed by atoms with van der Waals surface area (Å²) in [5.41, 5.74) is 6.82. The van der Waals surface area contributed by atoms with Crippen molar-refractivity contribution in [3.8, 4) is 11.5 Å². The molecule has 7 nitrogen and oxygen atoms in total. The topological polar surface area (TPSA) is 67.0 Å². The molecule has 41 heavy (non-hydrogen) atoms. The maximum atomic E-state index is 13.7. The summed E-state index contributed by atoms with van der Waals surface area (Å²) in [5, 5.41) is 1.24. The molecule has 0 unspecified atom stereocenters. The minimum atomic E-state index is -0.184. The van der Waals surface area contributed by atoms with E-state index in [1.165, 1.54) is 16.5 Å². The third-order valence-electron chi connectivity index (χ3n) is 8.43. The van der Waals surface area contributed by atoms with Gasteiger partial charge in [-0.05, 0) is 65.1 Å². The molecular formula is C34H35N3O4. The van der Waals surface area contributed by atoms with Gasteiger partial charge in [-0.3, -0.25) is 9.69 Å². The van der Waals surface area contributed by atoms with E-state index in [4.69, 9.17) is 14.2 Å². The van der Waals surface area contributed by atoms with Crippen molar-refractivity contribution >= 4 is 22.9 Å². The lowest BCUT2D eigenvalue weighted by molar-refractivity contribution is -0.128. The standard InChI is InChI=1S/C34H35N3O4/c38-32(12-7-24-5-9-27(10-6-24)40-22-18-36-16-20-39-21-17-36)37-15-13-29-28-3-1-2-4-30(28)35-33(29)34(37)26-8-11-31-25(23-26)14-19-41-31/h1-12,23,34-35H,13-22H2/b12-7+/t34-/m1/s1. The van der Waals surface area contributed by atoms with Crippen LogP contribution in [-0.2, 0) is 22.4 Å². The van der Waals surface area contributed by atoms with Crippen LogP contribution < -0.4 is 9.47 Å². The van der Waals surface area contributed by atoms with Crippen molar-refractivity contribution in [2.75, 3.05) is 52.6 Å². The maximum absolute atomic E-state index is 13.7. The summed E-state index contributed by atoms with van der Waals surface area (Å²) < 4.78 is 17.1. The van der Waals surface area contributed by atoms with Crippen LogP contribution in [0.3, 0.4) is 0 Å². The van der Waals surface area contributed by atoms with E-state index in [1.807, 2.05) is 35.2 Å². The van der Waals surface area contributed by atoms with Crippen molar-refractivity contribution in [3.05, 3.63) is 101 Å². The molecule has 7 rings (SSSR count). The average Bonchev–Trinajstić information content (AvgIpc) is 3.65. The molecule has 0 aliphatic carbocycles. The summed E-state index contributed by atoms with van der Waals surface area (Å²) in [5.74, 6) is 1.79. The fraction of sp³-hybridized carbons (Fsp3) is 0.324. The number of nitrogens with one attached hydrogen (secondary N) is 1. The Hall–Kier alpha value is -4.07. The average molecular weight is 550 g/mol. The van der Waals surface area contributed by atoms with Gasteiger partial charge in [-0.1, -0.05) is 36.4 Å². The highest BCUT2D eigenvalue weighted by Crippen LogP contribution is 2.40. The van der Waals surface area contributed by atoms with Crippen molar-refractivity contribution in [1.29, 1.82) is 0 Å². The van der Waals surface area contributed by atoms with Crippen molar-refractivity contribution in [3.63, 3.8) is 0 Å². The number of morpholine rings is 1. The van der Waals surface area contributed by atoms with E-state index in [0.29, 0.717) is 19.8 Å². The number of fused-ring (bicyclic) bond motifs is 4. The number of ether oxygens (including phenoxy) is 3. The zero-order chi connectivity index (χ0) is 27.6. The second kappa shape index (κ2) is 11.4. The molecule has 4 heterocycles. The van der Waals surface area contributed by atoms with Crippen LogP contribution in [0.4, 0.5) is 0 Å². The third kappa shape index (κ3) is 5.35. The van der Waals surface area contributed by atoms with Gasteiger partial charge < -0.3 is 24.1 Å². The van der Waals surface area contributed by atoms with Crippen LogP contribution >= 0.6 is 0 Å². The lowest BCUT2D eigenvalue weighted by Gasteiger charge is -2.36. The monoisotopic (exact) mass is 549 g/mol. The number of nitrogens with zero attached hydrogens (tertiary/aromatic N) is 2. The quantitative estimate of drug-likeness (QED) is 0.329. The van der Waals surface area contributed by atoms with Gasteiger partial charge in [-0.25, -0.2) is 0 Å². The molecule has 1 saturated heterocycles. The minimum Gasteiger partial charge on any atom is -0.493 e. The highest BCUT2D eigenvalue weighted by molar-refractivity contribution is 5.93. The van der Waals surface area contributed by atoms with Gasteiger partial charge in [0.25, 0.3) is 0 Å². The summed E-state index contributed by atoms with van der Waals surface area (Å²) in [6.45, 7) is 6.42. The summed E-state index contributed by atoms with van der Waals surface area (Å²) in [4.78, 5) is 21.7. The van der Waals surface area contributed by atoms with E-state index >= 15 is 0 Å². The van der Waals surface area contributed by atoms with E-state index < -0.39 is 0 Å². The second-order valence-corrected chi connectivity index (χ2v) is 10.9. The number of hydrogen-bond donors (Lipinski definition) is 1. The van der Waals surface area contributed by atoms with Crippen LogP contribution in [0.1, 0.15) is 34.0 Å². The first kappa shape index (κ1) is 25.9. The molecule has 0 bridgehead atoms. The van der Waals surface area contributed by atoms with Gasteiger partial charge in [-0.15, -0.1) is 0 Å². The Kier molecular flexibility index (Phi) is 7.21. The third-order valence-corrected chi connectivity index (χ3v) is 8.43. The van der Waals surface area contributed by atoms with Crippen molar-refractivity contribution in [2.45, 2.75) is 18.9 Å². The Morgan fingerprint density at radius 3 is 2.71 bits per heavy atom. The molecule has 7 heteroatoms. The first-order chi connectivity index (χ1) is 20.2. The molecule has 3 aliphatic rings. The Bertz CT molecular complexity index is 1570. The zero-order valence-corrected chi connectivity index (χ0v) is 23.2. The summed E-state index contributed by atoms with van der Waals surface area (Å²) in [6.07, 6.45) is 5.32. The molecule has 0 spiro atoms. The number of rotatable bonds is 7. The SMILES string of the molecule is O=C(/C=C/c1ccc(OCCN2CCOCC2)cc1)N1CCc2c([nH]c3ccccc23)[C@H]1c1ccc2c(c1)CCO2. The molecular weight excluding hydrogens is 514 g/mol. The molecule has 210 valence electrons. The number of carbonyl (C=O) groups is 1. The van der Waals surface area contributed by atoms with Gasteiger partial charge in [0, 0.05) is 55.3 Å². The molecule has 0 saturated carbocycles. The maximum Gasteiger partial charge on any atom is 0.247 e. The second-order valence-electron chi connectivity index (χ2n) is 10.9. The molecule has 1 atom stereocenters. The van der Waals surface area contributed by atoms with Crippen molar-refractivity contribution in [1.82, 2.24) is 14.8 Å². The van der Waals surface area contributed by atoms with Crippen LogP contribution in [0, 0.1) is 0 Å². The summed E-state index contributed by atoms with van der Waals surface area (Å²) in [7, 11) is 0. The predicted molar refractivity (Wildman–Crippen MR) is 159 cm³/mol. The van der Waals surface area contributed by atoms with Gasteiger partial charge in [0.05, 0.1) is 25.9 Å². The van der Waals surface area contributed by atoms with Gasteiger partial charge in [0.15, 0.2) is 0 Å².